The van der Waals surface area contributed by atoms with Gasteiger partial charge in [0, 0.05) is 0 Å². The fourth-order valence-electron chi connectivity index (χ4n) is 2.35. The maximum Gasteiger partial charge on any atom is 0.416 e. The van der Waals surface area contributed by atoms with E-state index in [1.54, 1.807) is 0 Å². The summed E-state index contributed by atoms with van der Waals surface area (Å²) in [5.74, 6) is -0.494. The Hall–Kier alpha value is -2.75. The minimum absolute atomic E-state index is 0.00214. The van der Waals surface area contributed by atoms with Gasteiger partial charge in [-0.1, -0.05) is 6.07 Å². The zero-order valence-corrected chi connectivity index (χ0v) is 15.9. The number of rotatable bonds is 7. The molecular weight excluding hydrogens is 399 g/mol. The van der Waals surface area contributed by atoms with Crippen molar-refractivity contribution in [3.63, 3.8) is 0 Å². The van der Waals surface area contributed by atoms with Crippen molar-refractivity contribution in [1.82, 2.24) is 0 Å². The number of ether oxygens (including phenoxy) is 2. The second-order valence-electron chi connectivity index (χ2n) is 5.54. The van der Waals surface area contributed by atoms with Gasteiger partial charge in [0.1, 0.15) is 12.3 Å². The molecule has 0 aliphatic heterocycles. The van der Waals surface area contributed by atoms with Gasteiger partial charge in [-0.25, -0.2) is 8.42 Å². The number of hydrogen-bond acceptors (Lipinski definition) is 5. The van der Waals surface area contributed by atoms with Crippen molar-refractivity contribution in [2.75, 3.05) is 24.6 Å². The van der Waals surface area contributed by atoms with E-state index in [9.17, 15) is 26.4 Å². The number of carbonyl (C=O) groups is 1. The highest BCUT2D eigenvalue weighted by Crippen LogP contribution is 2.33. The first-order valence-corrected chi connectivity index (χ1v) is 9.53. The summed E-state index contributed by atoms with van der Waals surface area (Å²) in [4.78, 5) is 11.7. The van der Waals surface area contributed by atoms with Crippen LogP contribution in [0.25, 0.3) is 0 Å². The van der Waals surface area contributed by atoms with Gasteiger partial charge in [0.05, 0.1) is 29.9 Å². The smallest absolute Gasteiger partial charge is 0.416 e. The molecule has 0 bridgehead atoms. The molecule has 0 saturated heterocycles. The normalized spacial score (nSPS) is 11.8. The number of esters is 1. The Morgan fingerprint density at radius 2 is 1.75 bits per heavy atom. The number of benzene rings is 2. The van der Waals surface area contributed by atoms with Crippen LogP contribution in [0.4, 0.5) is 18.9 Å². The van der Waals surface area contributed by atoms with Crippen LogP contribution in [0.5, 0.6) is 5.75 Å². The number of sulfonamides is 1. The van der Waals surface area contributed by atoms with E-state index < -0.39 is 34.3 Å². The third-order valence-electron chi connectivity index (χ3n) is 3.69. The molecule has 0 radical (unpaired) electrons. The van der Waals surface area contributed by atoms with E-state index in [1.165, 1.54) is 44.4 Å². The Kier molecular flexibility index (Phi) is 6.55. The molecule has 6 nitrogen and oxygen atoms in total. The Morgan fingerprint density at radius 1 is 1.11 bits per heavy atom. The number of methoxy groups -OCH3 is 1. The molecular formula is C18H18F3NO5S. The molecule has 0 unspecified atom stereocenters. The van der Waals surface area contributed by atoms with Gasteiger partial charge in [0.15, 0.2) is 0 Å². The second-order valence-corrected chi connectivity index (χ2v) is 7.40. The van der Waals surface area contributed by atoms with Crippen molar-refractivity contribution in [3.05, 3.63) is 54.1 Å². The summed E-state index contributed by atoms with van der Waals surface area (Å²) >= 11 is 0. The molecule has 2 rings (SSSR count). The first-order chi connectivity index (χ1) is 13.1. The van der Waals surface area contributed by atoms with Crippen LogP contribution in [0.3, 0.4) is 0 Å². The monoisotopic (exact) mass is 417 g/mol. The molecule has 0 fully saturated rings. The van der Waals surface area contributed by atoms with Gasteiger partial charge in [0.25, 0.3) is 10.0 Å². The number of halogens is 3. The van der Waals surface area contributed by atoms with Crippen LogP contribution in [0.2, 0.25) is 0 Å². The number of hydrogen-bond donors (Lipinski definition) is 0. The van der Waals surface area contributed by atoms with E-state index in [-0.39, 0.29) is 17.2 Å². The van der Waals surface area contributed by atoms with Crippen molar-refractivity contribution >= 4 is 21.7 Å². The van der Waals surface area contributed by atoms with Crippen molar-refractivity contribution in [2.45, 2.75) is 18.0 Å². The Bertz CT molecular complexity index is 927. The molecule has 0 N–H and O–H groups in total. The summed E-state index contributed by atoms with van der Waals surface area (Å²) in [6.45, 7) is 0.756. The summed E-state index contributed by atoms with van der Waals surface area (Å²) in [5.41, 5.74) is -1.34. The zero-order valence-electron chi connectivity index (χ0n) is 15.1. The molecule has 0 amide bonds. The summed E-state index contributed by atoms with van der Waals surface area (Å²) < 4.78 is 75.5. The summed E-state index contributed by atoms with van der Waals surface area (Å²) in [6.07, 6.45) is -4.67. The van der Waals surface area contributed by atoms with Crippen LogP contribution < -0.4 is 9.04 Å². The molecule has 0 atom stereocenters. The van der Waals surface area contributed by atoms with E-state index in [0.717, 1.165) is 12.1 Å². The van der Waals surface area contributed by atoms with Gasteiger partial charge >= 0.3 is 12.1 Å². The lowest BCUT2D eigenvalue weighted by Crippen LogP contribution is -2.36. The third kappa shape index (κ3) is 4.94. The van der Waals surface area contributed by atoms with Crippen molar-refractivity contribution in [3.8, 4) is 5.75 Å². The molecule has 10 heteroatoms. The summed E-state index contributed by atoms with van der Waals surface area (Å²) in [6, 6.07) is 8.98. The van der Waals surface area contributed by atoms with E-state index >= 15 is 0 Å². The van der Waals surface area contributed by atoms with Crippen molar-refractivity contribution < 1.29 is 35.9 Å². The predicted octanol–water partition coefficient (Wildman–Crippen LogP) is 3.47. The summed E-state index contributed by atoms with van der Waals surface area (Å²) in [7, 11) is -2.94. The van der Waals surface area contributed by atoms with Gasteiger partial charge in [-0.3, -0.25) is 9.10 Å². The average Bonchev–Trinajstić information content (AvgIpc) is 2.65. The van der Waals surface area contributed by atoms with Gasteiger partial charge in [-0.2, -0.15) is 13.2 Å². The fraction of sp³-hybridized carbons (Fsp3) is 0.278. The lowest BCUT2D eigenvalue weighted by atomic mass is 10.2. The topological polar surface area (TPSA) is 72.9 Å². The average molecular weight is 417 g/mol. The zero-order chi connectivity index (χ0) is 20.9. The first-order valence-electron chi connectivity index (χ1n) is 8.09. The van der Waals surface area contributed by atoms with E-state index in [1.807, 2.05) is 0 Å². The van der Waals surface area contributed by atoms with Crippen LogP contribution in [0, 0.1) is 0 Å². The maximum atomic E-state index is 13.0. The number of nitrogens with zero attached hydrogens (tertiary/aromatic N) is 1. The highest BCUT2D eigenvalue weighted by Gasteiger charge is 2.33. The Balaban J connectivity index is 2.53. The quantitative estimate of drug-likeness (QED) is 0.645. The van der Waals surface area contributed by atoms with Gasteiger partial charge < -0.3 is 9.47 Å². The minimum Gasteiger partial charge on any atom is -0.497 e. The molecule has 0 saturated carbocycles. The lowest BCUT2D eigenvalue weighted by molar-refractivity contribution is -0.141. The van der Waals surface area contributed by atoms with Crippen LogP contribution in [0.1, 0.15) is 12.5 Å². The molecule has 152 valence electrons. The maximum absolute atomic E-state index is 13.0. The van der Waals surface area contributed by atoms with Crippen molar-refractivity contribution in [1.29, 1.82) is 0 Å². The molecule has 0 spiro atoms. The standard InChI is InChI=1S/C18H18F3NO5S/c1-3-27-17(23)12-22(14-6-4-5-13(11-14)18(19,20)21)28(24,25)16-9-7-15(26-2)8-10-16/h4-11H,3,12H2,1-2H3. The number of alkyl halides is 3. The minimum atomic E-state index is -4.67. The van der Waals surface area contributed by atoms with E-state index in [4.69, 9.17) is 9.47 Å². The molecule has 28 heavy (non-hydrogen) atoms. The van der Waals surface area contributed by atoms with Crippen LogP contribution >= 0.6 is 0 Å². The molecule has 2 aromatic carbocycles. The van der Waals surface area contributed by atoms with E-state index in [0.29, 0.717) is 16.1 Å². The second kappa shape index (κ2) is 8.51. The highest BCUT2D eigenvalue weighted by atomic mass is 32.2. The lowest BCUT2D eigenvalue weighted by Gasteiger charge is -2.24. The largest absolute Gasteiger partial charge is 0.497 e. The Morgan fingerprint density at radius 3 is 2.29 bits per heavy atom. The van der Waals surface area contributed by atoms with Crippen LogP contribution in [-0.2, 0) is 25.7 Å². The Labute approximate surface area is 160 Å². The first kappa shape index (κ1) is 21.5. The predicted molar refractivity (Wildman–Crippen MR) is 95.6 cm³/mol. The SMILES string of the molecule is CCOC(=O)CN(c1cccc(C(F)(F)F)c1)S(=O)(=O)c1ccc(OC)cc1. The fourth-order valence-corrected chi connectivity index (χ4v) is 3.75. The van der Waals surface area contributed by atoms with E-state index in [2.05, 4.69) is 0 Å². The van der Waals surface area contributed by atoms with Crippen LogP contribution in [0.15, 0.2) is 53.4 Å². The van der Waals surface area contributed by atoms with Gasteiger partial charge in [0.2, 0.25) is 0 Å². The van der Waals surface area contributed by atoms with Crippen molar-refractivity contribution in [2.24, 2.45) is 0 Å². The third-order valence-corrected chi connectivity index (χ3v) is 5.48. The van der Waals surface area contributed by atoms with Gasteiger partial charge in [-0.15, -0.1) is 0 Å². The van der Waals surface area contributed by atoms with Crippen LogP contribution in [-0.4, -0.2) is 34.6 Å². The molecule has 0 aromatic heterocycles. The molecule has 0 aliphatic rings. The molecule has 0 aliphatic carbocycles. The number of anilines is 1. The highest BCUT2D eigenvalue weighted by molar-refractivity contribution is 7.92. The van der Waals surface area contributed by atoms with Gasteiger partial charge in [-0.05, 0) is 49.4 Å². The molecule has 0 heterocycles. The summed E-state index contributed by atoms with van der Waals surface area (Å²) in [5, 5.41) is 0. The number of carbonyl (C=O) groups excluding carboxylic acids is 1. The molecule has 2 aromatic rings.